The molecule has 0 radical (unpaired) electrons. The SMILES string of the molecule is NCCC(N(CCO)CC(F)(F)F)C(F)(F)F. The van der Waals surface area contributed by atoms with E-state index in [2.05, 4.69) is 0 Å². The highest BCUT2D eigenvalue weighted by molar-refractivity contribution is 4.80. The van der Waals surface area contributed by atoms with Crippen molar-refractivity contribution in [2.75, 3.05) is 26.2 Å². The number of halogens is 6. The summed E-state index contributed by atoms with van der Waals surface area (Å²) in [6.45, 7) is -3.60. The number of aliphatic hydroxyl groups excluding tert-OH is 1. The molecule has 3 nitrogen and oxygen atoms in total. The number of aliphatic hydroxyl groups is 1. The van der Waals surface area contributed by atoms with Crippen LogP contribution in [-0.4, -0.2) is 54.6 Å². The van der Waals surface area contributed by atoms with Gasteiger partial charge in [0, 0.05) is 6.54 Å². The van der Waals surface area contributed by atoms with Crippen molar-refractivity contribution in [3.05, 3.63) is 0 Å². The highest BCUT2D eigenvalue weighted by Gasteiger charge is 2.45. The van der Waals surface area contributed by atoms with Crippen molar-refractivity contribution in [2.45, 2.75) is 24.8 Å². The van der Waals surface area contributed by atoms with Gasteiger partial charge in [-0.05, 0) is 13.0 Å². The van der Waals surface area contributed by atoms with Gasteiger partial charge in [-0.2, -0.15) is 26.3 Å². The van der Waals surface area contributed by atoms with Gasteiger partial charge in [-0.3, -0.25) is 4.90 Å². The zero-order valence-electron chi connectivity index (χ0n) is 8.85. The normalized spacial score (nSPS) is 15.4. The Morgan fingerprint density at radius 1 is 1.12 bits per heavy atom. The van der Waals surface area contributed by atoms with E-state index in [9.17, 15) is 26.3 Å². The molecule has 0 aromatic heterocycles. The molecule has 9 heteroatoms. The molecular formula is C8H14F6N2O. The molecule has 104 valence electrons. The smallest absolute Gasteiger partial charge is 0.395 e. The topological polar surface area (TPSA) is 49.5 Å². The van der Waals surface area contributed by atoms with Crippen LogP contribution in [0.4, 0.5) is 26.3 Å². The Labute approximate surface area is 94.2 Å². The standard InChI is InChI=1S/C8H14F6N2O/c9-7(10,11)5-16(3-4-17)6(1-2-15)8(12,13)14/h6,17H,1-5,15H2. The molecule has 0 aliphatic heterocycles. The molecule has 0 spiro atoms. The Kier molecular flexibility index (Phi) is 6.20. The minimum absolute atomic E-state index is 0.146. The molecule has 0 rings (SSSR count). The van der Waals surface area contributed by atoms with Crippen molar-refractivity contribution in [3.8, 4) is 0 Å². The lowest BCUT2D eigenvalue weighted by atomic mass is 10.1. The third kappa shape index (κ3) is 6.69. The van der Waals surface area contributed by atoms with Crippen LogP contribution in [0.15, 0.2) is 0 Å². The highest BCUT2D eigenvalue weighted by Crippen LogP contribution is 2.29. The minimum atomic E-state index is -4.81. The highest BCUT2D eigenvalue weighted by atomic mass is 19.4. The molecule has 0 saturated carbocycles. The van der Waals surface area contributed by atoms with E-state index in [0.717, 1.165) is 0 Å². The number of nitrogens with zero attached hydrogens (tertiary/aromatic N) is 1. The largest absolute Gasteiger partial charge is 0.404 e. The molecule has 1 unspecified atom stereocenters. The molecule has 3 N–H and O–H groups in total. The van der Waals surface area contributed by atoms with Crippen LogP contribution in [0.1, 0.15) is 6.42 Å². The maximum atomic E-state index is 12.5. The Balaban J connectivity index is 4.83. The van der Waals surface area contributed by atoms with Gasteiger partial charge in [-0.15, -0.1) is 0 Å². The second kappa shape index (κ2) is 6.41. The van der Waals surface area contributed by atoms with Gasteiger partial charge in [-0.1, -0.05) is 0 Å². The second-order valence-corrected chi connectivity index (χ2v) is 3.44. The lowest BCUT2D eigenvalue weighted by Gasteiger charge is -2.32. The van der Waals surface area contributed by atoms with E-state index in [1.807, 2.05) is 0 Å². The lowest BCUT2D eigenvalue weighted by Crippen LogP contribution is -2.51. The fourth-order valence-corrected chi connectivity index (χ4v) is 1.41. The van der Waals surface area contributed by atoms with E-state index in [0.29, 0.717) is 0 Å². The number of nitrogens with two attached hydrogens (primary N) is 1. The maximum absolute atomic E-state index is 12.5. The van der Waals surface area contributed by atoms with Crippen molar-refractivity contribution in [1.82, 2.24) is 4.90 Å². The van der Waals surface area contributed by atoms with Crippen LogP contribution in [0.5, 0.6) is 0 Å². The van der Waals surface area contributed by atoms with Crippen molar-refractivity contribution in [1.29, 1.82) is 0 Å². The summed E-state index contributed by atoms with van der Waals surface area (Å²) in [5.41, 5.74) is 4.95. The van der Waals surface area contributed by atoms with E-state index in [1.54, 1.807) is 0 Å². The molecule has 0 bridgehead atoms. The van der Waals surface area contributed by atoms with Crippen LogP contribution in [0.25, 0.3) is 0 Å². The van der Waals surface area contributed by atoms with Gasteiger partial charge in [0.05, 0.1) is 13.2 Å². The molecule has 0 heterocycles. The van der Waals surface area contributed by atoms with Gasteiger partial charge >= 0.3 is 12.4 Å². The Bertz CT molecular complexity index is 217. The molecule has 17 heavy (non-hydrogen) atoms. The quantitative estimate of drug-likeness (QED) is 0.710. The van der Waals surface area contributed by atoms with Crippen molar-refractivity contribution in [3.63, 3.8) is 0 Å². The van der Waals surface area contributed by atoms with Crippen molar-refractivity contribution >= 4 is 0 Å². The summed E-state index contributed by atoms with van der Waals surface area (Å²) in [4.78, 5) is 0.146. The van der Waals surface area contributed by atoms with Crippen LogP contribution >= 0.6 is 0 Å². The van der Waals surface area contributed by atoms with Gasteiger partial charge < -0.3 is 10.8 Å². The van der Waals surface area contributed by atoms with E-state index in [4.69, 9.17) is 10.8 Å². The molecule has 0 fully saturated rings. The Morgan fingerprint density at radius 2 is 1.65 bits per heavy atom. The summed E-state index contributed by atoms with van der Waals surface area (Å²) in [5, 5.41) is 8.51. The van der Waals surface area contributed by atoms with Gasteiger partial charge in [0.15, 0.2) is 0 Å². The molecule has 0 aliphatic carbocycles. The van der Waals surface area contributed by atoms with Crippen LogP contribution in [0.2, 0.25) is 0 Å². The molecule has 0 amide bonds. The monoisotopic (exact) mass is 268 g/mol. The van der Waals surface area contributed by atoms with E-state index in [1.165, 1.54) is 0 Å². The van der Waals surface area contributed by atoms with Gasteiger partial charge in [-0.25, -0.2) is 0 Å². The zero-order chi connectivity index (χ0) is 13.7. The second-order valence-electron chi connectivity index (χ2n) is 3.44. The van der Waals surface area contributed by atoms with Gasteiger partial charge in [0.2, 0.25) is 0 Å². The van der Waals surface area contributed by atoms with Crippen molar-refractivity contribution in [2.24, 2.45) is 5.73 Å². The number of alkyl halides is 6. The van der Waals surface area contributed by atoms with Gasteiger partial charge in [0.25, 0.3) is 0 Å². The first-order valence-electron chi connectivity index (χ1n) is 4.80. The molecular weight excluding hydrogens is 254 g/mol. The first-order chi connectivity index (χ1) is 7.61. The van der Waals surface area contributed by atoms with Crippen LogP contribution < -0.4 is 5.73 Å². The first kappa shape index (κ1) is 16.5. The summed E-state index contributed by atoms with van der Waals surface area (Å²) in [6.07, 6.45) is -10.2. The average Bonchev–Trinajstić information content (AvgIpc) is 2.09. The summed E-state index contributed by atoms with van der Waals surface area (Å²) in [6, 6.07) is -2.29. The lowest BCUT2D eigenvalue weighted by molar-refractivity contribution is -0.211. The van der Waals surface area contributed by atoms with Gasteiger partial charge in [0.1, 0.15) is 6.04 Å². The number of hydrogen-bond acceptors (Lipinski definition) is 3. The van der Waals surface area contributed by atoms with E-state index < -0.39 is 44.5 Å². The van der Waals surface area contributed by atoms with Crippen LogP contribution in [-0.2, 0) is 0 Å². The first-order valence-corrected chi connectivity index (χ1v) is 4.80. The maximum Gasteiger partial charge on any atom is 0.404 e. The molecule has 0 aliphatic rings. The van der Waals surface area contributed by atoms with E-state index in [-0.39, 0.29) is 11.4 Å². The Morgan fingerprint density at radius 3 is 1.94 bits per heavy atom. The summed E-state index contributed by atoms with van der Waals surface area (Å²) in [7, 11) is 0. The average molecular weight is 268 g/mol. The summed E-state index contributed by atoms with van der Waals surface area (Å²) >= 11 is 0. The van der Waals surface area contributed by atoms with Crippen molar-refractivity contribution < 1.29 is 31.4 Å². The predicted molar refractivity (Wildman–Crippen MR) is 48.2 cm³/mol. The van der Waals surface area contributed by atoms with Crippen LogP contribution in [0.3, 0.4) is 0 Å². The van der Waals surface area contributed by atoms with Crippen LogP contribution in [0, 0.1) is 0 Å². The fraction of sp³-hybridized carbons (Fsp3) is 1.00. The molecule has 0 aromatic rings. The zero-order valence-corrected chi connectivity index (χ0v) is 8.85. The fourth-order valence-electron chi connectivity index (χ4n) is 1.41. The third-order valence-corrected chi connectivity index (χ3v) is 2.03. The molecule has 1 atom stereocenters. The predicted octanol–water partition coefficient (Wildman–Crippen LogP) is 1.12. The molecule has 0 saturated heterocycles. The summed E-state index contributed by atoms with van der Waals surface area (Å²) in [5.74, 6) is 0. The summed E-state index contributed by atoms with van der Waals surface area (Å²) < 4.78 is 73.8. The Hall–Kier alpha value is -0.540. The third-order valence-electron chi connectivity index (χ3n) is 2.03. The number of hydrogen-bond donors (Lipinski definition) is 2. The van der Waals surface area contributed by atoms with E-state index >= 15 is 0 Å². The molecule has 0 aromatic carbocycles. The minimum Gasteiger partial charge on any atom is -0.395 e. The number of rotatable bonds is 6.